The summed E-state index contributed by atoms with van der Waals surface area (Å²) in [6.07, 6.45) is 3.40. The van der Waals surface area contributed by atoms with Crippen molar-refractivity contribution in [3.63, 3.8) is 0 Å². The fourth-order valence-corrected chi connectivity index (χ4v) is 1.91. The average molecular weight is 207 g/mol. The zero-order valence-electron chi connectivity index (χ0n) is 9.21. The standard InChI is InChI=1S/C12H17NO2/c1-13-12(5-6-12)8-9-3-4-10(14)7-11(9)15-2/h3-4,7,13-14H,5-6,8H2,1-2H3. The quantitative estimate of drug-likeness (QED) is 0.789. The molecule has 0 aromatic heterocycles. The van der Waals surface area contributed by atoms with Crippen LogP contribution >= 0.6 is 0 Å². The number of likely N-dealkylation sites (N-methyl/N-ethyl adjacent to an activating group) is 1. The minimum atomic E-state index is 0.255. The highest BCUT2D eigenvalue weighted by molar-refractivity contribution is 5.41. The molecule has 3 nitrogen and oxygen atoms in total. The van der Waals surface area contributed by atoms with Crippen molar-refractivity contribution in [1.29, 1.82) is 0 Å². The maximum atomic E-state index is 9.34. The van der Waals surface area contributed by atoms with Gasteiger partial charge in [-0.2, -0.15) is 0 Å². The average Bonchev–Trinajstić information content (AvgIpc) is 3.01. The molecule has 15 heavy (non-hydrogen) atoms. The van der Waals surface area contributed by atoms with Crippen molar-refractivity contribution in [2.45, 2.75) is 24.8 Å². The Morgan fingerprint density at radius 1 is 1.47 bits per heavy atom. The third-order valence-corrected chi connectivity index (χ3v) is 3.18. The van der Waals surface area contributed by atoms with Crippen LogP contribution in [0.4, 0.5) is 0 Å². The molecule has 1 aromatic rings. The van der Waals surface area contributed by atoms with Crippen molar-refractivity contribution in [1.82, 2.24) is 5.32 Å². The van der Waals surface area contributed by atoms with E-state index in [1.165, 1.54) is 12.8 Å². The van der Waals surface area contributed by atoms with Gasteiger partial charge in [-0.1, -0.05) is 6.07 Å². The highest BCUT2D eigenvalue weighted by Gasteiger charge is 2.41. The first-order chi connectivity index (χ1) is 7.19. The molecule has 82 valence electrons. The van der Waals surface area contributed by atoms with Gasteiger partial charge in [0.1, 0.15) is 11.5 Å². The van der Waals surface area contributed by atoms with E-state index in [1.807, 2.05) is 13.1 Å². The molecule has 1 fully saturated rings. The lowest BCUT2D eigenvalue weighted by atomic mass is 10.0. The lowest BCUT2D eigenvalue weighted by Crippen LogP contribution is -2.29. The van der Waals surface area contributed by atoms with Crippen LogP contribution in [0.25, 0.3) is 0 Å². The zero-order chi connectivity index (χ0) is 10.9. The Morgan fingerprint density at radius 3 is 2.73 bits per heavy atom. The smallest absolute Gasteiger partial charge is 0.125 e. The molecule has 1 aromatic carbocycles. The number of nitrogens with one attached hydrogen (secondary N) is 1. The normalized spacial score (nSPS) is 17.5. The minimum Gasteiger partial charge on any atom is -0.508 e. The van der Waals surface area contributed by atoms with Gasteiger partial charge in [0.15, 0.2) is 0 Å². The van der Waals surface area contributed by atoms with Crippen LogP contribution in [0.1, 0.15) is 18.4 Å². The predicted molar refractivity (Wildman–Crippen MR) is 59.4 cm³/mol. The molecule has 2 rings (SSSR count). The molecule has 0 amide bonds. The van der Waals surface area contributed by atoms with E-state index >= 15 is 0 Å². The monoisotopic (exact) mass is 207 g/mol. The van der Waals surface area contributed by atoms with E-state index in [9.17, 15) is 5.11 Å². The molecule has 0 aliphatic heterocycles. The van der Waals surface area contributed by atoms with Gasteiger partial charge >= 0.3 is 0 Å². The minimum absolute atomic E-state index is 0.255. The second-order valence-corrected chi connectivity index (χ2v) is 4.20. The van der Waals surface area contributed by atoms with Crippen LogP contribution < -0.4 is 10.1 Å². The first-order valence-corrected chi connectivity index (χ1v) is 5.24. The Kier molecular flexibility index (Phi) is 2.57. The van der Waals surface area contributed by atoms with Crippen LogP contribution in [-0.2, 0) is 6.42 Å². The number of phenols is 1. The van der Waals surface area contributed by atoms with Crippen LogP contribution in [-0.4, -0.2) is 24.8 Å². The van der Waals surface area contributed by atoms with Crippen LogP contribution in [0.5, 0.6) is 11.5 Å². The summed E-state index contributed by atoms with van der Waals surface area (Å²) >= 11 is 0. The van der Waals surface area contributed by atoms with Gasteiger partial charge < -0.3 is 15.2 Å². The molecule has 3 heteroatoms. The molecule has 1 aliphatic carbocycles. The topological polar surface area (TPSA) is 41.5 Å². The van der Waals surface area contributed by atoms with Crippen molar-refractivity contribution >= 4 is 0 Å². The zero-order valence-corrected chi connectivity index (χ0v) is 9.21. The SMILES string of the molecule is CNC1(Cc2ccc(O)cc2OC)CC1. The van der Waals surface area contributed by atoms with Gasteiger partial charge in [0.2, 0.25) is 0 Å². The second-order valence-electron chi connectivity index (χ2n) is 4.20. The molecular formula is C12H17NO2. The molecule has 1 aliphatic rings. The molecule has 0 unspecified atom stereocenters. The lowest BCUT2D eigenvalue weighted by Gasteiger charge is -2.16. The largest absolute Gasteiger partial charge is 0.508 e. The van der Waals surface area contributed by atoms with E-state index in [0.29, 0.717) is 0 Å². The second kappa shape index (κ2) is 3.74. The maximum absolute atomic E-state index is 9.34. The predicted octanol–water partition coefficient (Wildman–Crippen LogP) is 1.70. The Bertz CT molecular complexity index is 359. The number of aromatic hydroxyl groups is 1. The fourth-order valence-electron chi connectivity index (χ4n) is 1.91. The Balaban J connectivity index is 2.20. The highest BCUT2D eigenvalue weighted by Crippen LogP contribution is 2.40. The van der Waals surface area contributed by atoms with Crippen LogP contribution in [0, 0.1) is 0 Å². The van der Waals surface area contributed by atoms with Crippen molar-refractivity contribution in [2.24, 2.45) is 0 Å². The molecular weight excluding hydrogens is 190 g/mol. The first-order valence-electron chi connectivity index (χ1n) is 5.24. The van der Waals surface area contributed by atoms with Crippen molar-refractivity contribution in [3.05, 3.63) is 23.8 Å². The molecule has 0 radical (unpaired) electrons. The molecule has 0 saturated heterocycles. The summed E-state index contributed by atoms with van der Waals surface area (Å²) in [5.74, 6) is 1.03. The van der Waals surface area contributed by atoms with Gasteiger partial charge in [0, 0.05) is 11.6 Å². The lowest BCUT2D eigenvalue weighted by molar-refractivity contribution is 0.398. The number of hydrogen-bond acceptors (Lipinski definition) is 3. The van der Waals surface area contributed by atoms with E-state index in [1.54, 1.807) is 19.2 Å². The molecule has 1 saturated carbocycles. The van der Waals surface area contributed by atoms with Gasteiger partial charge in [-0.15, -0.1) is 0 Å². The summed E-state index contributed by atoms with van der Waals surface area (Å²) in [4.78, 5) is 0. The number of hydrogen-bond donors (Lipinski definition) is 2. The summed E-state index contributed by atoms with van der Waals surface area (Å²) in [6, 6.07) is 5.32. The summed E-state index contributed by atoms with van der Waals surface area (Å²) in [6.45, 7) is 0. The van der Waals surface area contributed by atoms with Gasteiger partial charge in [0.05, 0.1) is 7.11 Å². The first kappa shape index (κ1) is 10.3. The van der Waals surface area contributed by atoms with Gasteiger partial charge in [-0.25, -0.2) is 0 Å². The van der Waals surface area contributed by atoms with Gasteiger partial charge in [-0.3, -0.25) is 0 Å². The summed E-state index contributed by atoms with van der Waals surface area (Å²) in [7, 11) is 3.64. The third kappa shape index (κ3) is 2.07. The number of methoxy groups -OCH3 is 1. The van der Waals surface area contributed by atoms with E-state index < -0.39 is 0 Å². The van der Waals surface area contributed by atoms with Crippen LogP contribution in [0.2, 0.25) is 0 Å². The fraction of sp³-hybridized carbons (Fsp3) is 0.500. The number of benzene rings is 1. The number of phenolic OH excluding ortho intramolecular Hbond substituents is 1. The molecule has 0 atom stereocenters. The Hall–Kier alpha value is -1.22. The van der Waals surface area contributed by atoms with E-state index in [4.69, 9.17) is 4.74 Å². The van der Waals surface area contributed by atoms with Crippen molar-refractivity contribution in [3.8, 4) is 11.5 Å². The maximum Gasteiger partial charge on any atom is 0.125 e. The molecule has 0 bridgehead atoms. The van der Waals surface area contributed by atoms with E-state index in [2.05, 4.69) is 5.32 Å². The molecule has 0 spiro atoms. The third-order valence-electron chi connectivity index (χ3n) is 3.18. The summed E-state index contributed by atoms with van der Waals surface area (Å²) < 4.78 is 5.26. The van der Waals surface area contributed by atoms with E-state index in [0.717, 1.165) is 17.7 Å². The van der Waals surface area contributed by atoms with Crippen molar-refractivity contribution < 1.29 is 9.84 Å². The van der Waals surface area contributed by atoms with Crippen LogP contribution in [0.15, 0.2) is 18.2 Å². The highest BCUT2D eigenvalue weighted by atomic mass is 16.5. The summed E-state index contributed by atoms with van der Waals surface area (Å²) in [5.41, 5.74) is 1.42. The number of rotatable bonds is 4. The van der Waals surface area contributed by atoms with Gasteiger partial charge in [0.25, 0.3) is 0 Å². The van der Waals surface area contributed by atoms with Crippen molar-refractivity contribution in [2.75, 3.05) is 14.2 Å². The molecule has 2 N–H and O–H groups in total. The summed E-state index contributed by atoms with van der Waals surface area (Å²) in [5, 5.41) is 12.7. The van der Waals surface area contributed by atoms with E-state index in [-0.39, 0.29) is 11.3 Å². The van der Waals surface area contributed by atoms with Crippen LogP contribution in [0.3, 0.4) is 0 Å². The Labute approximate surface area is 90.1 Å². The molecule has 0 heterocycles. The van der Waals surface area contributed by atoms with Gasteiger partial charge in [-0.05, 0) is 37.9 Å². The number of ether oxygens (including phenoxy) is 1. The Morgan fingerprint density at radius 2 is 2.20 bits per heavy atom.